The number of amides is 1. The minimum absolute atomic E-state index is 0.157. The van der Waals surface area contributed by atoms with Crippen molar-refractivity contribution in [2.45, 2.75) is 4.90 Å². The second-order valence-electron chi connectivity index (χ2n) is 6.51. The van der Waals surface area contributed by atoms with Gasteiger partial charge in [0, 0.05) is 25.2 Å². The summed E-state index contributed by atoms with van der Waals surface area (Å²) in [5.41, 5.74) is 0.379. The number of carbonyl (C=O) groups is 1. The smallest absolute Gasteiger partial charge is 0.262 e. The monoisotopic (exact) mass is 470 g/mol. The van der Waals surface area contributed by atoms with E-state index in [0.29, 0.717) is 54.3 Å². The van der Waals surface area contributed by atoms with Crippen LogP contribution < -0.4 is 19.5 Å². The number of nitrogens with zero attached hydrogens (tertiary/aromatic N) is 1. The molecule has 1 fully saturated rings. The molecule has 168 valence electrons. The first-order chi connectivity index (χ1) is 14.8. The van der Waals surface area contributed by atoms with Crippen molar-refractivity contribution in [1.82, 2.24) is 4.31 Å². The Morgan fingerprint density at radius 3 is 2.35 bits per heavy atom. The highest BCUT2D eigenvalue weighted by Crippen LogP contribution is 2.35. The van der Waals surface area contributed by atoms with E-state index < -0.39 is 15.9 Å². The van der Waals surface area contributed by atoms with Crippen molar-refractivity contribution in [3.63, 3.8) is 0 Å². The lowest BCUT2D eigenvalue weighted by molar-refractivity contribution is -0.118. The number of halogens is 1. The average Bonchev–Trinajstić information content (AvgIpc) is 2.79. The molecule has 1 aliphatic heterocycles. The van der Waals surface area contributed by atoms with Crippen molar-refractivity contribution in [3.05, 3.63) is 41.4 Å². The second kappa shape index (κ2) is 10.2. The lowest BCUT2D eigenvalue weighted by atomic mass is 10.2. The van der Waals surface area contributed by atoms with Crippen molar-refractivity contribution in [2.75, 3.05) is 52.4 Å². The highest BCUT2D eigenvalue weighted by Gasteiger charge is 2.26. The number of rotatable bonds is 8. The number of ether oxygens (including phenoxy) is 4. The van der Waals surface area contributed by atoms with Crippen molar-refractivity contribution in [3.8, 4) is 17.2 Å². The van der Waals surface area contributed by atoms with Crippen molar-refractivity contribution in [2.24, 2.45) is 0 Å². The van der Waals surface area contributed by atoms with Gasteiger partial charge in [-0.2, -0.15) is 4.31 Å². The third-order valence-corrected chi connectivity index (χ3v) is 6.76. The Bertz CT molecular complexity index is 1020. The van der Waals surface area contributed by atoms with Gasteiger partial charge in [-0.3, -0.25) is 4.79 Å². The van der Waals surface area contributed by atoms with Crippen LogP contribution in [-0.4, -0.2) is 65.8 Å². The third kappa shape index (κ3) is 5.59. The Hall–Kier alpha value is -2.53. The van der Waals surface area contributed by atoms with E-state index in [1.807, 2.05) is 0 Å². The first-order valence-electron chi connectivity index (χ1n) is 9.37. The maximum absolute atomic E-state index is 12.6. The van der Waals surface area contributed by atoms with Crippen LogP contribution in [0.25, 0.3) is 0 Å². The standard InChI is InChI=1S/C20H23ClN2O7S/c1-27-18-12-17(19(28-2)11-16(18)21)22-20(24)13-30-14-3-5-15(6-4-14)31(25,26)23-7-9-29-10-8-23/h3-6,11-12H,7-10,13H2,1-2H3,(H,22,24). The lowest BCUT2D eigenvalue weighted by Gasteiger charge is -2.26. The molecule has 0 bridgehead atoms. The van der Waals surface area contributed by atoms with Crippen LogP contribution in [-0.2, 0) is 19.6 Å². The molecule has 0 radical (unpaired) electrons. The number of carbonyl (C=O) groups excluding carboxylic acids is 1. The Morgan fingerprint density at radius 1 is 1.10 bits per heavy atom. The third-order valence-electron chi connectivity index (χ3n) is 4.55. The topological polar surface area (TPSA) is 103 Å². The minimum atomic E-state index is -3.59. The molecule has 1 aliphatic rings. The zero-order chi connectivity index (χ0) is 22.4. The van der Waals surface area contributed by atoms with E-state index in [4.69, 9.17) is 30.5 Å². The molecule has 2 aromatic rings. The van der Waals surface area contributed by atoms with Crippen LogP contribution in [0.5, 0.6) is 17.2 Å². The molecule has 1 saturated heterocycles. The predicted molar refractivity (Wildman–Crippen MR) is 115 cm³/mol. The van der Waals surface area contributed by atoms with Crippen LogP contribution in [0.4, 0.5) is 5.69 Å². The van der Waals surface area contributed by atoms with E-state index in [-0.39, 0.29) is 11.5 Å². The first kappa shape index (κ1) is 23.1. The summed E-state index contributed by atoms with van der Waals surface area (Å²) < 4.78 is 47.7. The number of sulfonamides is 1. The van der Waals surface area contributed by atoms with Gasteiger partial charge < -0.3 is 24.3 Å². The van der Waals surface area contributed by atoms with Crippen molar-refractivity contribution in [1.29, 1.82) is 0 Å². The Labute approximate surface area is 185 Å². The molecule has 31 heavy (non-hydrogen) atoms. The second-order valence-corrected chi connectivity index (χ2v) is 8.86. The number of nitrogens with one attached hydrogen (secondary N) is 1. The molecular weight excluding hydrogens is 448 g/mol. The summed E-state index contributed by atoms with van der Waals surface area (Å²) in [5.74, 6) is 0.678. The number of hydrogen-bond acceptors (Lipinski definition) is 7. The Balaban J connectivity index is 1.61. The molecule has 0 atom stereocenters. The predicted octanol–water partition coefficient (Wildman–Crippen LogP) is 2.40. The van der Waals surface area contributed by atoms with Crippen LogP contribution in [0.3, 0.4) is 0 Å². The summed E-state index contributed by atoms with van der Waals surface area (Å²) >= 11 is 6.06. The van der Waals surface area contributed by atoms with Gasteiger partial charge in [0.25, 0.3) is 5.91 Å². The first-order valence-corrected chi connectivity index (χ1v) is 11.2. The minimum Gasteiger partial charge on any atom is -0.495 e. The molecule has 2 aromatic carbocycles. The molecule has 3 rings (SSSR count). The van der Waals surface area contributed by atoms with Gasteiger partial charge in [-0.05, 0) is 24.3 Å². The van der Waals surface area contributed by atoms with Crippen LogP contribution in [0.1, 0.15) is 0 Å². The van der Waals surface area contributed by atoms with Gasteiger partial charge in [-0.15, -0.1) is 0 Å². The number of anilines is 1. The highest BCUT2D eigenvalue weighted by molar-refractivity contribution is 7.89. The normalized spacial score (nSPS) is 14.7. The summed E-state index contributed by atoms with van der Waals surface area (Å²) in [6, 6.07) is 8.99. The number of benzene rings is 2. The maximum Gasteiger partial charge on any atom is 0.262 e. The van der Waals surface area contributed by atoms with Crippen molar-refractivity contribution < 1.29 is 32.2 Å². The lowest BCUT2D eigenvalue weighted by Crippen LogP contribution is -2.40. The summed E-state index contributed by atoms with van der Waals surface area (Å²) in [5, 5.41) is 3.02. The summed E-state index contributed by atoms with van der Waals surface area (Å²) in [6.07, 6.45) is 0. The van der Waals surface area contributed by atoms with Gasteiger partial charge in [0.2, 0.25) is 10.0 Å². The summed E-state index contributed by atoms with van der Waals surface area (Å²) in [4.78, 5) is 12.4. The van der Waals surface area contributed by atoms with E-state index >= 15 is 0 Å². The van der Waals surface area contributed by atoms with E-state index in [2.05, 4.69) is 5.32 Å². The van der Waals surface area contributed by atoms with Gasteiger partial charge in [0.1, 0.15) is 17.2 Å². The molecule has 0 unspecified atom stereocenters. The highest BCUT2D eigenvalue weighted by atomic mass is 35.5. The van der Waals surface area contributed by atoms with Crippen LogP contribution in [0, 0.1) is 0 Å². The average molecular weight is 471 g/mol. The fourth-order valence-corrected chi connectivity index (χ4v) is 4.58. The zero-order valence-electron chi connectivity index (χ0n) is 17.1. The molecule has 1 amide bonds. The molecule has 0 aliphatic carbocycles. The van der Waals surface area contributed by atoms with Gasteiger partial charge >= 0.3 is 0 Å². The van der Waals surface area contributed by atoms with Gasteiger partial charge in [-0.25, -0.2) is 8.42 Å². The zero-order valence-corrected chi connectivity index (χ0v) is 18.7. The van der Waals surface area contributed by atoms with E-state index in [9.17, 15) is 13.2 Å². The van der Waals surface area contributed by atoms with E-state index in [1.54, 1.807) is 6.07 Å². The quantitative estimate of drug-likeness (QED) is 0.631. The maximum atomic E-state index is 12.6. The Morgan fingerprint density at radius 2 is 1.74 bits per heavy atom. The molecule has 9 nitrogen and oxygen atoms in total. The molecule has 1 heterocycles. The molecule has 0 spiro atoms. The number of methoxy groups -OCH3 is 2. The van der Waals surface area contributed by atoms with Crippen LogP contribution in [0.15, 0.2) is 41.3 Å². The van der Waals surface area contributed by atoms with E-state index in [0.717, 1.165) is 0 Å². The van der Waals surface area contributed by atoms with E-state index in [1.165, 1.54) is 48.9 Å². The molecule has 11 heteroatoms. The van der Waals surface area contributed by atoms with Crippen LogP contribution >= 0.6 is 11.6 Å². The van der Waals surface area contributed by atoms with Gasteiger partial charge in [0.15, 0.2) is 6.61 Å². The molecular formula is C20H23ClN2O7S. The number of morpholine rings is 1. The molecule has 1 N–H and O–H groups in total. The fourth-order valence-electron chi connectivity index (χ4n) is 2.94. The van der Waals surface area contributed by atoms with Crippen LogP contribution in [0.2, 0.25) is 5.02 Å². The van der Waals surface area contributed by atoms with Gasteiger partial charge in [0.05, 0.1) is 43.0 Å². The summed E-state index contributed by atoms with van der Waals surface area (Å²) in [6.45, 7) is 1.10. The number of hydrogen-bond donors (Lipinski definition) is 1. The molecule has 0 saturated carbocycles. The SMILES string of the molecule is COc1cc(NC(=O)COc2ccc(S(=O)(=O)N3CCOCC3)cc2)c(OC)cc1Cl. The molecule has 0 aromatic heterocycles. The largest absolute Gasteiger partial charge is 0.495 e. The fraction of sp³-hybridized carbons (Fsp3) is 0.350. The summed E-state index contributed by atoms with van der Waals surface area (Å²) in [7, 11) is -0.668. The van der Waals surface area contributed by atoms with Crippen molar-refractivity contribution >= 4 is 33.2 Å². The Kier molecular flexibility index (Phi) is 7.60. The van der Waals surface area contributed by atoms with Gasteiger partial charge in [-0.1, -0.05) is 11.6 Å².